The molecule has 1 amide bonds. The molecule has 2 N–H and O–H groups in total. The molecule has 0 saturated heterocycles. The molecule has 0 aliphatic heterocycles. The number of H-pyrrole nitrogens is 1. The summed E-state index contributed by atoms with van der Waals surface area (Å²) in [5.74, 6) is -0.0955. The third-order valence-electron chi connectivity index (χ3n) is 4.54. The quantitative estimate of drug-likeness (QED) is 0.381. The van der Waals surface area contributed by atoms with Crippen molar-refractivity contribution in [1.82, 2.24) is 24.8 Å². The molecular weight excluding hydrogens is 421 g/mol. The molecule has 0 aliphatic rings. The van der Waals surface area contributed by atoms with Gasteiger partial charge in [-0.05, 0) is 23.3 Å². The molecule has 8 nitrogen and oxygen atoms in total. The van der Waals surface area contributed by atoms with Gasteiger partial charge in [-0.2, -0.15) is 0 Å². The van der Waals surface area contributed by atoms with Crippen molar-refractivity contribution in [3.8, 4) is 0 Å². The summed E-state index contributed by atoms with van der Waals surface area (Å²) < 4.78 is 13.1. The van der Waals surface area contributed by atoms with E-state index in [-0.39, 0.29) is 43.3 Å². The minimum Gasteiger partial charge on any atom is -0.395 e. The molecule has 2 heterocycles. The zero-order valence-corrected chi connectivity index (χ0v) is 17.7. The van der Waals surface area contributed by atoms with Crippen LogP contribution in [0.3, 0.4) is 0 Å². The van der Waals surface area contributed by atoms with E-state index in [1.165, 1.54) is 35.1 Å². The van der Waals surface area contributed by atoms with Crippen LogP contribution < -0.4 is 5.56 Å². The van der Waals surface area contributed by atoms with E-state index >= 15 is 0 Å². The largest absolute Gasteiger partial charge is 0.395 e. The molecule has 0 saturated carbocycles. The van der Waals surface area contributed by atoms with Gasteiger partial charge in [-0.25, -0.2) is 19.3 Å². The van der Waals surface area contributed by atoms with Crippen LogP contribution in [0.2, 0.25) is 0 Å². The lowest BCUT2D eigenvalue weighted by Crippen LogP contribution is -2.32. The SMILES string of the molecule is CN(CCO)C(=O)Cc1nc(SCc2ccc(F)cc2)[nH]c(=O)c1Cc1cncnc1. The van der Waals surface area contributed by atoms with Gasteiger partial charge in [0, 0.05) is 43.7 Å². The number of aliphatic hydroxyl groups is 1. The minimum atomic E-state index is -0.340. The Bertz CT molecular complexity index is 1080. The van der Waals surface area contributed by atoms with Crippen LogP contribution in [0.15, 0.2) is 52.9 Å². The summed E-state index contributed by atoms with van der Waals surface area (Å²) in [5.41, 5.74) is 1.99. The summed E-state index contributed by atoms with van der Waals surface area (Å²) in [7, 11) is 1.58. The lowest BCUT2D eigenvalue weighted by Gasteiger charge is -2.17. The summed E-state index contributed by atoms with van der Waals surface area (Å²) in [6, 6.07) is 6.08. The second-order valence-corrected chi connectivity index (χ2v) is 7.81. The van der Waals surface area contributed by atoms with Gasteiger partial charge in [0.2, 0.25) is 5.91 Å². The molecule has 2 aromatic heterocycles. The van der Waals surface area contributed by atoms with Crippen molar-refractivity contribution in [3.63, 3.8) is 0 Å². The monoisotopic (exact) mass is 443 g/mol. The van der Waals surface area contributed by atoms with Crippen LogP contribution in [0.4, 0.5) is 4.39 Å². The van der Waals surface area contributed by atoms with E-state index in [2.05, 4.69) is 19.9 Å². The Hall–Kier alpha value is -3.11. The van der Waals surface area contributed by atoms with E-state index in [0.717, 1.165) is 11.1 Å². The average molecular weight is 444 g/mol. The van der Waals surface area contributed by atoms with Crippen molar-refractivity contribution in [2.24, 2.45) is 0 Å². The van der Waals surface area contributed by atoms with Gasteiger partial charge in [0.05, 0.1) is 18.7 Å². The Morgan fingerprint density at radius 3 is 2.58 bits per heavy atom. The number of aliphatic hydroxyl groups excluding tert-OH is 1. The van der Waals surface area contributed by atoms with Crippen molar-refractivity contribution < 1.29 is 14.3 Å². The van der Waals surface area contributed by atoms with Crippen LogP contribution in [0.1, 0.15) is 22.4 Å². The maximum absolute atomic E-state index is 13.1. The number of amides is 1. The molecule has 162 valence electrons. The fourth-order valence-corrected chi connectivity index (χ4v) is 3.66. The number of likely N-dealkylation sites (N-methyl/N-ethyl adjacent to an activating group) is 1. The highest BCUT2D eigenvalue weighted by Crippen LogP contribution is 2.20. The predicted octanol–water partition coefficient (Wildman–Crippen LogP) is 1.58. The number of carbonyl (C=O) groups excluding carboxylic acids is 1. The highest BCUT2D eigenvalue weighted by Gasteiger charge is 2.18. The number of nitrogens with zero attached hydrogens (tertiary/aromatic N) is 4. The van der Waals surface area contributed by atoms with E-state index in [0.29, 0.717) is 22.2 Å². The van der Waals surface area contributed by atoms with Gasteiger partial charge < -0.3 is 15.0 Å². The molecule has 0 fully saturated rings. The Kier molecular flexibility index (Phi) is 7.85. The number of aromatic amines is 1. The molecule has 10 heteroatoms. The highest BCUT2D eigenvalue weighted by atomic mass is 32.2. The molecule has 1 aromatic carbocycles. The van der Waals surface area contributed by atoms with Crippen LogP contribution in [-0.2, 0) is 23.4 Å². The van der Waals surface area contributed by atoms with Crippen LogP contribution >= 0.6 is 11.8 Å². The van der Waals surface area contributed by atoms with E-state index in [1.807, 2.05) is 0 Å². The topological polar surface area (TPSA) is 112 Å². The van der Waals surface area contributed by atoms with Gasteiger partial charge in [-0.1, -0.05) is 23.9 Å². The normalized spacial score (nSPS) is 10.8. The third kappa shape index (κ3) is 6.43. The second kappa shape index (κ2) is 10.8. The first-order valence-corrected chi connectivity index (χ1v) is 10.5. The van der Waals surface area contributed by atoms with Crippen molar-refractivity contribution >= 4 is 17.7 Å². The van der Waals surface area contributed by atoms with Gasteiger partial charge in [-0.3, -0.25) is 9.59 Å². The lowest BCUT2D eigenvalue weighted by atomic mass is 10.1. The smallest absolute Gasteiger partial charge is 0.255 e. The first-order valence-electron chi connectivity index (χ1n) is 9.54. The zero-order chi connectivity index (χ0) is 22.2. The van der Waals surface area contributed by atoms with Gasteiger partial charge in [0.1, 0.15) is 12.1 Å². The molecule has 0 unspecified atom stereocenters. The lowest BCUT2D eigenvalue weighted by molar-refractivity contribution is -0.129. The van der Waals surface area contributed by atoms with E-state index in [1.54, 1.807) is 31.6 Å². The standard InChI is InChI=1S/C21H22FN5O3S/c1-27(6-7-28)19(29)9-18-17(8-15-10-23-13-24-11-15)20(30)26-21(25-18)31-12-14-2-4-16(22)5-3-14/h2-5,10-11,13,28H,6-9,12H2,1H3,(H,25,26,30). The first-order chi connectivity index (χ1) is 15.0. The number of nitrogens with one attached hydrogen (secondary N) is 1. The summed E-state index contributed by atoms with van der Waals surface area (Å²) in [6.07, 6.45) is 4.77. The minimum absolute atomic E-state index is 0.0758. The number of halogens is 1. The summed E-state index contributed by atoms with van der Waals surface area (Å²) in [5, 5.41) is 9.45. The molecule has 0 spiro atoms. The number of hydrogen-bond acceptors (Lipinski definition) is 7. The number of carbonyl (C=O) groups is 1. The molecule has 31 heavy (non-hydrogen) atoms. The molecule has 0 aliphatic carbocycles. The van der Waals surface area contributed by atoms with Gasteiger partial charge >= 0.3 is 0 Å². The number of thioether (sulfide) groups is 1. The maximum atomic E-state index is 13.1. The first kappa shape index (κ1) is 22.6. The van der Waals surface area contributed by atoms with Crippen LogP contribution in [0, 0.1) is 5.82 Å². The summed E-state index contributed by atoms with van der Waals surface area (Å²) in [4.78, 5) is 42.0. The highest BCUT2D eigenvalue weighted by molar-refractivity contribution is 7.98. The van der Waals surface area contributed by atoms with E-state index < -0.39 is 0 Å². The molecule has 3 aromatic rings. The van der Waals surface area contributed by atoms with Crippen LogP contribution in [0.5, 0.6) is 0 Å². The van der Waals surface area contributed by atoms with Gasteiger partial charge in [-0.15, -0.1) is 0 Å². The summed E-state index contributed by atoms with van der Waals surface area (Å²) >= 11 is 1.29. The molecular formula is C21H22FN5O3S. The number of aromatic nitrogens is 4. The van der Waals surface area contributed by atoms with Gasteiger partial charge in [0.15, 0.2) is 5.16 Å². The number of hydrogen-bond donors (Lipinski definition) is 2. The summed E-state index contributed by atoms with van der Waals surface area (Å²) in [6.45, 7) is 0.0358. The Balaban J connectivity index is 1.87. The molecule has 0 bridgehead atoms. The third-order valence-corrected chi connectivity index (χ3v) is 5.49. The number of rotatable bonds is 9. The van der Waals surface area contributed by atoms with Crippen LogP contribution in [0.25, 0.3) is 0 Å². The van der Waals surface area contributed by atoms with Crippen LogP contribution in [-0.4, -0.2) is 56.0 Å². The van der Waals surface area contributed by atoms with Gasteiger partial charge in [0.25, 0.3) is 5.56 Å². The maximum Gasteiger partial charge on any atom is 0.255 e. The fourth-order valence-electron chi connectivity index (χ4n) is 2.83. The molecule has 0 atom stereocenters. The van der Waals surface area contributed by atoms with E-state index in [4.69, 9.17) is 5.11 Å². The van der Waals surface area contributed by atoms with Crippen molar-refractivity contribution in [3.05, 3.63) is 81.5 Å². The zero-order valence-electron chi connectivity index (χ0n) is 16.9. The van der Waals surface area contributed by atoms with Crippen molar-refractivity contribution in [1.29, 1.82) is 0 Å². The fraction of sp³-hybridized carbons (Fsp3) is 0.286. The Labute approximate surface area is 182 Å². The predicted molar refractivity (Wildman–Crippen MR) is 114 cm³/mol. The van der Waals surface area contributed by atoms with E-state index in [9.17, 15) is 14.0 Å². The Morgan fingerprint density at radius 1 is 1.19 bits per heavy atom. The number of benzene rings is 1. The Morgan fingerprint density at radius 2 is 1.90 bits per heavy atom. The molecule has 0 radical (unpaired) electrons. The van der Waals surface area contributed by atoms with Crippen molar-refractivity contribution in [2.45, 2.75) is 23.8 Å². The second-order valence-electron chi connectivity index (χ2n) is 6.85. The van der Waals surface area contributed by atoms with Crippen molar-refractivity contribution in [2.75, 3.05) is 20.2 Å². The molecule has 3 rings (SSSR count). The average Bonchev–Trinajstić information content (AvgIpc) is 2.76.